The summed E-state index contributed by atoms with van der Waals surface area (Å²) in [6, 6.07) is 0. The van der Waals surface area contributed by atoms with E-state index in [2.05, 4.69) is 4.52 Å². The average Bonchev–Trinajstić information content (AvgIpc) is 1.63. The minimum absolute atomic E-state index is 0.177. The normalized spacial score (nSPS) is 16.7. The molecule has 0 saturated carbocycles. The molecule has 5 heteroatoms. The Morgan fingerprint density at radius 2 is 2.22 bits per heavy atom. The van der Waals surface area contributed by atoms with E-state index >= 15 is 0 Å². The van der Waals surface area contributed by atoms with Crippen LogP contribution in [0.2, 0.25) is 0 Å². The molecule has 0 fully saturated rings. The first-order valence-electron chi connectivity index (χ1n) is 2.38. The molecule has 0 bridgehead atoms. The summed E-state index contributed by atoms with van der Waals surface area (Å²) >= 11 is 0. The smallest absolute Gasteiger partial charge is 0.206 e. The van der Waals surface area contributed by atoms with E-state index in [1.54, 1.807) is 0 Å². The maximum atomic E-state index is 10.9. The second-order valence-electron chi connectivity index (χ2n) is 1.82. The highest BCUT2D eigenvalue weighted by molar-refractivity contribution is 7.59. The van der Waals surface area contributed by atoms with Crippen molar-refractivity contribution in [1.29, 1.82) is 0 Å². The Kier molecular flexibility index (Phi) is 3.16. The molecule has 0 N–H and O–H groups in total. The van der Waals surface area contributed by atoms with Gasteiger partial charge in [-0.15, -0.1) is 0 Å². The lowest BCUT2D eigenvalue weighted by Crippen LogP contribution is -2.04. The van der Waals surface area contributed by atoms with Crippen LogP contribution in [0.4, 0.5) is 0 Å². The van der Waals surface area contributed by atoms with Gasteiger partial charge in [0.1, 0.15) is 0 Å². The molecular formula is C4H8BO3P. The molecule has 0 aliphatic carbocycles. The molecule has 0 aromatic carbocycles. The molecule has 1 unspecified atom stereocenters. The largest absolute Gasteiger partial charge is 0.332 e. The van der Waals surface area contributed by atoms with Crippen LogP contribution < -0.4 is 0 Å². The van der Waals surface area contributed by atoms with Gasteiger partial charge in [0, 0.05) is 13.8 Å². The van der Waals surface area contributed by atoms with Crippen LogP contribution in [0, 0.1) is 0 Å². The summed E-state index contributed by atoms with van der Waals surface area (Å²) in [6.45, 7) is 1.37. The topological polar surface area (TPSA) is 43.4 Å². The monoisotopic (exact) mass is 146 g/mol. The Hall–Kier alpha value is -0.0751. The molecular weight excluding hydrogens is 138 g/mol. The molecule has 0 saturated heterocycles. The van der Waals surface area contributed by atoms with Crippen LogP contribution in [-0.4, -0.2) is 33.5 Å². The Morgan fingerprint density at radius 1 is 1.78 bits per heavy atom. The van der Waals surface area contributed by atoms with Gasteiger partial charge in [0.05, 0.1) is 11.8 Å². The van der Waals surface area contributed by atoms with Crippen molar-refractivity contribution in [1.82, 2.24) is 0 Å². The fourth-order valence-electron chi connectivity index (χ4n) is 0.348. The van der Waals surface area contributed by atoms with Crippen LogP contribution in [0.5, 0.6) is 0 Å². The van der Waals surface area contributed by atoms with Crippen LogP contribution >= 0.6 is 7.37 Å². The highest BCUT2D eigenvalue weighted by Gasteiger charge is 2.14. The van der Waals surface area contributed by atoms with Gasteiger partial charge in [-0.25, -0.2) is 0 Å². The maximum absolute atomic E-state index is 10.9. The number of hydrogen-bond acceptors (Lipinski definition) is 3. The van der Waals surface area contributed by atoms with E-state index in [9.17, 15) is 9.36 Å². The lowest BCUT2D eigenvalue weighted by molar-refractivity contribution is -0.109. The first kappa shape index (κ1) is 8.92. The van der Waals surface area contributed by atoms with Crippen LogP contribution in [0.25, 0.3) is 0 Å². The highest BCUT2D eigenvalue weighted by Crippen LogP contribution is 2.40. The predicted molar refractivity (Wildman–Crippen MR) is 36.2 cm³/mol. The van der Waals surface area contributed by atoms with Gasteiger partial charge >= 0.3 is 0 Å². The molecule has 0 aromatic heterocycles. The number of rotatable bonds is 3. The van der Waals surface area contributed by atoms with Crippen molar-refractivity contribution in [3.05, 3.63) is 0 Å². The zero-order valence-corrected chi connectivity index (χ0v) is 6.35. The second kappa shape index (κ2) is 3.18. The summed E-state index contributed by atoms with van der Waals surface area (Å²) in [4.78, 5) is 10.1. The standard InChI is InChI=1S/C4H8BO3P/c1-8-9(2,7)3-4(5)6/h3H2,1-2H3. The third-order valence-corrected chi connectivity index (χ3v) is 2.49. The minimum atomic E-state index is -2.70. The van der Waals surface area contributed by atoms with E-state index in [0.717, 1.165) is 0 Å². The highest BCUT2D eigenvalue weighted by atomic mass is 31.2. The molecule has 0 heterocycles. The van der Waals surface area contributed by atoms with Crippen molar-refractivity contribution in [2.75, 3.05) is 19.9 Å². The molecule has 9 heavy (non-hydrogen) atoms. The first-order valence-corrected chi connectivity index (χ1v) is 4.64. The third kappa shape index (κ3) is 4.43. The molecule has 50 valence electrons. The third-order valence-electron chi connectivity index (χ3n) is 0.829. The molecule has 3 nitrogen and oxygen atoms in total. The van der Waals surface area contributed by atoms with Gasteiger partial charge in [0.25, 0.3) is 0 Å². The lowest BCUT2D eigenvalue weighted by Gasteiger charge is -2.06. The van der Waals surface area contributed by atoms with E-state index in [-0.39, 0.29) is 6.16 Å². The van der Waals surface area contributed by atoms with Crippen molar-refractivity contribution in [2.45, 2.75) is 0 Å². The van der Waals surface area contributed by atoms with E-state index < -0.39 is 13.1 Å². The summed E-state index contributed by atoms with van der Waals surface area (Å²) in [5.41, 5.74) is -0.595. The first-order chi connectivity index (χ1) is 3.98. The molecule has 0 spiro atoms. The van der Waals surface area contributed by atoms with Crippen molar-refractivity contribution in [2.24, 2.45) is 0 Å². The van der Waals surface area contributed by atoms with Gasteiger partial charge in [-0.3, -0.25) is 4.57 Å². The molecule has 0 aliphatic heterocycles. The molecule has 2 radical (unpaired) electrons. The predicted octanol–water partition coefficient (Wildman–Crippen LogP) is 0.236. The zero-order valence-electron chi connectivity index (χ0n) is 5.46. The quantitative estimate of drug-likeness (QED) is 0.422. The number of carbonyl (C=O) groups is 1. The summed E-state index contributed by atoms with van der Waals surface area (Å²) in [6.07, 6.45) is -0.177. The van der Waals surface area contributed by atoms with Crippen molar-refractivity contribution in [3.63, 3.8) is 0 Å². The SMILES string of the molecule is [B]C(=O)CP(C)(=O)OC. The van der Waals surface area contributed by atoms with E-state index in [1.807, 2.05) is 0 Å². The zero-order chi connectivity index (χ0) is 7.49. The second-order valence-corrected chi connectivity index (χ2v) is 4.53. The maximum Gasteiger partial charge on any atom is 0.206 e. The number of hydrogen-bond donors (Lipinski definition) is 0. The fourth-order valence-corrected chi connectivity index (χ4v) is 1.04. The summed E-state index contributed by atoms with van der Waals surface area (Å²) in [7, 11) is 3.35. The van der Waals surface area contributed by atoms with Crippen molar-refractivity contribution in [3.8, 4) is 0 Å². The van der Waals surface area contributed by atoms with E-state index in [4.69, 9.17) is 7.85 Å². The summed E-state index contributed by atoms with van der Waals surface area (Å²) in [5.74, 6) is 0. The van der Waals surface area contributed by atoms with E-state index in [0.29, 0.717) is 0 Å². The molecule has 0 aliphatic rings. The van der Waals surface area contributed by atoms with Crippen molar-refractivity contribution < 1.29 is 13.9 Å². The van der Waals surface area contributed by atoms with E-state index in [1.165, 1.54) is 13.8 Å². The van der Waals surface area contributed by atoms with Gasteiger partial charge in [-0.2, -0.15) is 0 Å². The summed E-state index contributed by atoms with van der Waals surface area (Å²) in [5, 5.41) is 0. The average molecular weight is 146 g/mol. The Bertz CT molecular complexity index is 156. The minimum Gasteiger partial charge on any atom is -0.332 e. The van der Waals surface area contributed by atoms with Crippen LogP contribution in [-0.2, 0) is 13.9 Å². The van der Waals surface area contributed by atoms with Crippen LogP contribution in [0.15, 0.2) is 0 Å². The van der Waals surface area contributed by atoms with Gasteiger partial charge in [0.2, 0.25) is 7.37 Å². The van der Waals surface area contributed by atoms with Crippen LogP contribution in [0.1, 0.15) is 0 Å². The Balaban J connectivity index is 3.88. The fraction of sp³-hybridized carbons (Fsp3) is 0.750. The lowest BCUT2D eigenvalue weighted by atomic mass is 10.1. The summed E-state index contributed by atoms with van der Waals surface area (Å²) < 4.78 is 15.4. The van der Waals surface area contributed by atoms with Gasteiger partial charge in [-0.1, -0.05) is 0 Å². The molecule has 1 atom stereocenters. The van der Waals surface area contributed by atoms with Crippen LogP contribution in [0.3, 0.4) is 0 Å². The molecule has 0 aromatic rings. The van der Waals surface area contributed by atoms with Gasteiger partial charge in [0.15, 0.2) is 7.85 Å². The Morgan fingerprint density at radius 3 is 2.33 bits per heavy atom. The van der Waals surface area contributed by atoms with Crippen molar-refractivity contribution >= 4 is 20.9 Å². The molecule has 0 rings (SSSR count). The van der Waals surface area contributed by atoms with Gasteiger partial charge in [-0.05, 0) is 0 Å². The van der Waals surface area contributed by atoms with Gasteiger partial charge < -0.3 is 9.32 Å². The number of carbonyl (C=O) groups excluding carboxylic acids is 1. The Labute approximate surface area is 55.6 Å². The molecule has 0 amide bonds.